The maximum atomic E-state index is 10.2. The van der Waals surface area contributed by atoms with Crippen molar-refractivity contribution < 1.29 is 19.0 Å². The van der Waals surface area contributed by atoms with E-state index >= 15 is 0 Å². The topological polar surface area (TPSA) is 44.8 Å². The van der Waals surface area contributed by atoms with Crippen molar-refractivity contribution >= 4 is 6.29 Å². The van der Waals surface area contributed by atoms with Gasteiger partial charge in [0.1, 0.15) is 12.4 Å². The van der Waals surface area contributed by atoms with E-state index in [1.54, 1.807) is 6.92 Å². The van der Waals surface area contributed by atoms with Gasteiger partial charge in [-0.05, 0) is 26.2 Å². The molecule has 0 spiro atoms. The summed E-state index contributed by atoms with van der Waals surface area (Å²) >= 11 is 0. The summed E-state index contributed by atoms with van der Waals surface area (Å²) in [7, 11) is 0. The van der Waals surface area contributed by atoms with Gasteiger partial charge in [-0.1, -0.05) is 0 Å². The van der Waals surface area contributed by atoms with Crippen molar-refractivity contribution in [2.24, 2.45) is 0 Å². The van der Waals surface area contributed by atoms with E-state index in [4.69, 9.17) is 14.2 Å². The van der Waals surface area contributed by atoms with Crippen LogP contribution in [0.1, 0.15) is 26.2 Å². The van der Waals surface area contributed by atoms with Crippen LogP contribution in [-0.2, 0) is 19.0 Å². The van der Waals surface area contributed by atoms with Gasteiger partial charge in [0.25, 0.3) is 0 Å². The summed E-state index contributed by atoms with van der Waals surface area (Å²) in [5.74, 6) is 0. The van der Waals surface area contributed by atoms with Crippen molar-refractivity contribution in [2.75, 3.05) is 19.8 Å². The fourth-order valence-electron chi connectivity index (χ4n) is 1.30. The molecule has 0 radical (unpaired) electrons. The lowest BCUT2D eigenvalue weighted by Gasteiger charge is -2.22. The predicted octanol–water partition coefficient (Wildman–Crippen LogP) is 1.13. The normalized spacial score (nSPS) is 24.5. The summed E-state index contributed by atoms with van der Waals surface area (Å²) < 4.78 is 15.9. The van der Waals surface area contributed by atoms with Crippen LogP contribution in [0.2, 0.25) is 0 Å². The summed E-state index contributed by atoms with van der Waals surface area (Å²) in [6.07, 6.45) is 3.61. The zero-order valence-corrected chi connectivity index (χ0v) is 8.61. The minimum absolute atomic E-state index is 0.0705. The van der Waals surface area contributed by atoms with Gasteiger partial charge < -0.3 is 19.0 Å². The molecule has 1 heterocycles. The molecule has 1 aliphatic rings. The van der Waals surface area contributed by atoms with Crippen LogP contribution in [0.3, 0.4) is 0 Å². The fourth-order valence-corrected chi connectivity index (χ4v) is 1.30. The molecule has 0 aliphatic carbocycles. The van der Waals surface area contributed by atoms with Gasteiger partial charge in [-0.15, -0.1) is 0 Å². The molecule has 2 unspecified atom stereocenters. The zero-order valence-electron chi connectivity index (χ0n) is 8.61. The van der Waals surface area contributed by atoms with E-state index in [0.29, 0.717) is 13.2 Å². The van der Waals surface area contributed by atoms with Gasteiger partial charge in [0, 0.05) is 6.61 Å². The minimum Gasteiger partial charge on any atom is -0.369 e. The standard InChI is InChI=1S/C10H18O4/c1-9(8-11)12-6-7-14-10-4-2-3-5-13-10/h8-10H,2-7H2,1H3. The lowest BCUT2D eigenvalue weighted by atomic mass is 10.2. The SMILES string of the molecule is CC(C=O)OCCOC1CCCCO1. The maximum absolute atomic E-state index is 10.2. The minimum atomic E-state index is -0.342. The summed E-state index contributed by atoms with van der Waals surface area (Å²) in [4.78, 5) is 10.2. The van der Waals surface area contributed by atoms with Gasteiger partial charge in [-0.2, -0.15) is 0 Å². The molecule has 4 heteroatoms. The third kappa shape index (κ3) is 4.69. The molecule has 4 nitrogen and oxygen atoms in total. The number of carbonyl (C=O) groups excluding carboxylic acids is 1. The third-order valence-electron chi connectivity index (χ3n) is 2.10. The Morgan fingerprint density at radius 1 is 1.50 bits per heavy atom. The van der Waals surface area contributed by atoms with Crippen molar-refractivity contribution in [3.8, 4) is 0 Å². The highest BCUT2D eigenvalue weighted by Crippen LogP contribution is 2.13. The molecular weight excluding hydrogens is 184 g/mol. The Balaban J connectivity index is 1.94. The van der Waals surface area contributed by atoms with E-state index in [1.165, 1.54) is 0 Å². The lowest BCUT2D eigenvalue weighted by molar-refractivity contribution is -0.171. The van der Waals surface area contributed by atoms with E-state index in [0.717, 1.165) is 32.2 Å². The highest BCUT2D eigenvalue weighted by Gasteiger charge is 2.13. The Kier molecular flexibility index (Phi) is 5.75. The van der Waals surface area contributed by atoms with Crippen LogP contribution in [-0.4, -0.2) is 38.5 Å². The highest BCUT2D eigenvalue weighted by molar-refractivity contribution is 5.55. The smallest absolute Gasteiger partial charge is 0.157 e. The Morgan fingerprint density at radius 2 is 2.36 bits per heavy atom. The van der Waals surface area contributed by atoms with Crippen LogP contribution >= 0.6 is 0 Å². The van der Waals surface area contributed by atoms with Crippen molar-refractivity contribution in [3.05, 3.63) is 0 Å². The molecule has 0 bridgehead atoms. The molecule has 0 aromatic rings. The molecule has 82 valence electrons. The number of rotatable bonds is 6. The first-order valence-corrected chi connectivity index (χ1v) is 5.13. The van der Waals surface area contributed by atoms with Crippen LogP contribution < -0.4 is 0 Å². The van der Waals surface area contributed by atoms with Crippen LogP contribution in [0.4, 0.5) is 0 Å². The summed E-state index contributed by atoms with van der Waals surface area (Å²) in [6.45, 7) is 3.43. The van der Waals surface area contributed by atoms with Crippen LogP contribution in [0.5, 0.6) is 0 Å². The van der Waals surface area contributed by atoms with E-state index in [-0.39, 0.29) is 12.4 Å². The van der Waals surface area contributed by atoms with Gasteiger partial charge in [0.15, 0.2) is 6.29 Å². The Labute approximate surface area is 84.5 Å². The first-order chi connectivity index (χ1) is 6.83. The summed E-state index contributed by atoms with van der Waals surface area (Å²) in [5.41, 5.74) is 0. The number of ether oxygens (including phenoxy) is 3. The molecule has 1 fully saturated rings. The average molecular weight is 202 g/mol. The fraction of sp³-hybridized carbons (Fsp3) is 0.900. The van der Waals surface area contributed by atoms with Gasteiger partial charge in [-0.3, -0.25) is 0 Å². The summed E-state index contributed by atoms with van der Waals surface area (Å²) in [6, 6.07) is 0. The molecule has 1 rings (SSSR count). The second-order valence-corrected chi connectivity index (χ2v) is 3.38. The van der Waals surface area contributed by atoms with E-state index < -0.39 is 0 Å². The molecule has 0 N–H and O–H groups in total. The van der Waals surface area contributed by atoms with Crippen molar-refractivity contribution in [1.29, 1.82) is 0 Å². The number of aldehydes is 1. The zero-order chi connectivity index (χ0) is 10.2. The summed E-state index contributed by atoms with van der Waals surface area (Å²) in [5, 5.41) is 0. The molecule has 14 heavy (non-hydrogen) atoms. The van der Waals surface area contributed by atoms with Gasteiger partial charge in [-0.25, -0.2) is 0 Å². The maximum Gasteiger partial charge on any atom is 0.157 e. The van der Waals surface area contributed by atoms with Crippen LogP contribution in [0.15, 0.2) is 0 Å². The number of hydrogen-bond acceptors (Lipinski definition) is 4. The predicted molar refractivity (Wildman–Crippen MR) is 51.0 cm³/mol. The van der Waals surface area contributed by atoms with Gasteiger partial charge in [0.2, 0.25) is 0 Å². The molecule has 0 saturated carbocycles. The molecule has 0 amide bonds. The molecule has 1 saturated heterocycles. The van der Waals surface area contributed by atoms with E-state index in [1.807, 2.05) is 0 Å². The van der Waals surface area contributed by atoms with Gasteiger partial charge >= 0.3 is 0 Å². The van der Waals surface area contributed by atoms with Crippen molar-refractivity contribution in [3.63, 3.8) is 0 Å². The Hall–Kier alpha value is -0.450. The lowest BCUT2D eigenvalue weighted by Crippen LogP contribution is -2.24. The largest absolute Gasteiger partial charge is 0.369 e. The molecule has 0 aromatic carbocycles. The molecular formula is C10H18O4. The van der Waals surface area contributed by atoms with Crippen LogP contribution in [0.25, 0.3) is 0 Å². The third-order valence-corrected chi connectivity index (χ3v) is 2.10. The van der Waals surface area contributed by atoms with E-state index in [2.05, 4.69) is 0 Å². The molecule has 2 atom stereocenters. The number of hydrogen-bond donors (Lipinski definition) is 0. The molecule has 1 aliphatic heterocycles. The van der Waals surface area contributed by atoms with E-state index in [9.17, 15) is 4.79 Å². The highest BCUT2D eigenvalue weighted by atomic mass is 16.7. The first kappa shape index (κ1) is 11.6. The molecule has 0 aromatic heterocycles. The van der Waals surface area contributed by atoms with Crippen molar-refractivity contribution in [2.45, 2.75) is 38.6 Å². The van der Waals surface area contributed by atoms with Crippen LogP contribution in [0, 0.1) is 0 Å². The second-order valence-electron chi connectivity index (χ2n) is 3.38. The Morgan fingerprint density at radius 3 is 3.00 bits per heavy atom. The van der Waals surface area contributed by atoms with Crippen molar-refractivity contribution in [1.82, 2.24) is 0 Å². The average Bonchev–Trinajstić information content (AvgIpc) is 2.25. The second kappa shape index (κ2) is 6.92. The Bertz CT molecular complexity index is 154. The first-order valence-electron chi connectivity index (χ1n) is 5.13. The number of carbonyl (C=O) groups is 1. The quantitative estimate of drug-likeness (QED) is 0.478. The van der Waals surface area contributed by atoms with Gasteiger partial charge in [0.05, 0.1) is 13.2 Å². The monoisotopic (exact) mass is 202 g/mol.